The molecule has 3 aromatic rings. The Kier molecular flexibility index (Phi) is 7.54. The number of benzene rings is 2. The molecule has 0 unspecified atom stereocenters. The van der Waals surface area contributed by atoms with E-state index in [1.54, 1.807) is 32.0 Å². The van der Waals surface area contributed by atoms with Crippen molar-refractivity contribution in [1.82, 2.24) is 9.80 Å². The first kappa shape index (κ1) is 27.2. The molecule has 202 valence electrons. The van der Waals surface area contributed by atoms with E-state index in [0.717, 1.165) is 18.2 Å². The van der Waals surface area contributed by atoms with Crippen LogP contribution in [0.15, 0.2) is 70.2 Å². The predicted octanol–water partition coefficient (Wildman–Crippen LogP) is 4.10. The lowest BCUT2D eigenvalue weighted by atomic mass is 10.2. The highest BCUT2D eigenvalue weighted by Gasteiger charge is 2.35. The van der Waals surface area contributed by atoms with E-state index in [1.807, 2.05) is 0 Å². The Hall–Kier alpha value is -3.80. The number of amides is 2. The van der Waals surface area contributed by atoms with Gasteiger partial charge in [0.1, 0.15) is 6.54 Å². The molecule has 1 fully saturated rings. The van der Waals surface area contributed by atoms with E-state index in [0.29, 0.717) is 15.4 Å². The van der Waals surface area contributed by atoms with E-state index >= 15 is 0 Å². The van der Waals surface area contributed by atoms with Crippen LogP contribution >= 0.6 is 0 Å². The molecule has 1 aromatic heterocycles. The highest BCUT2D eigenvalue weighted by molar-refractivity contribution is 7.93. The van der Waals surface area contributed by atoms with Gasteiger partial charge < -0.3 is 14.2 Å². The number of sulfonamides is 1. The minimum absolute atomic E-state index is 0.100. The van der Waals surface area contributed by atoms with Crippen LogP contribution in [0.1, 0.15) is 27.2 Å². The second-order valence-electron chi connectivity index (χ2n) is 8.98. The molecule has 0 N–H and O–H groups in total. The van der Waals surface area contributed by atoms with Crippen LogP contribution in [0.2, 0.25) is 0 Å². The summed E-state index contributed by atoms with van der Waals surface area (Å²) in [6.07, 6.45) is -3.32. The lowest BCUT2D eigenvalue weighted by molar-refractivity contribution is -0.137. The van der Waals surface area contributed by atoms with Crippen LogP contribution in [0, 0.1) is 13.8 Å². The Bertz CT molecular complexity index is 1430. The Balaban J connectivity index is 1.61. The molecule has 1 aliphatic heterocycles. The molecular weight excluding hydrogens is 523 g/mol. The first-order chi connectivity index (χ1) is 17.9. The monoisotopic (exact) mass is 549 g/mol. The Morgan fingerprint density at radius 3 is 2.26 bits per heavy atom. The first-order valence-corrected chi connectivity index (χ1v) is 13.2. The van der Waals surface area contributed by atoms with Gasteiger partial charge in [-0.2, -0.15) is 13.2 Å². The highest BCUT2D eigenvalue weighted by atomic mass is 32.2. The normalized spacial score (nSPS) is 14.4. The van der Waals surface area contributed by atoms with Crippen molar-refractivity contribution >= 4 is 27.5 Å². The molecule has 0 saturated carbocycles. The van der Waals surface area contributed by atoms with Crippen LogP contribution in [0.5, 0.6) is 0 Å². The van der Waals surface area contributed by atoms with E-state index in [1.165, 1.54) is 34.3 Å². The van der Waals surface area contributed by atoms with Crippen LogP contribution in [-0.4, -0.2) is 62.8 Å². The van der Waals surface area contributed by atoms with Gasteiger partial charge in [-0.3, -0.25) is 13.9 Å². The standard InChI is InChI=1S/C26H26F3N3O5S/c1-18-8-9-19(2)23(15-18)38(35,36)32(21-6-3-5-20(16-21)26(27,28)29)17-24(33)30-10-12-31(13-11-30)25(34)22-7-4-14-37-22/h3-9,14-16H,10-13,17H2,1-2H3. The third-order valence-corrected chi connectivity index (χ3v) is 8.22. The number of halogens is 3. The first-order valence-electron chi connectivity index (χ1n) is 11.8. The van der Waals surface area contributed by atoms with Gasteiger partial charge in [-0.15, -0.1) is 0 Å². The summed E-state index contributed by atoms with van der Waals surface area (Å²) in [4.78, 5) is 28.6. The molecule has 4 rings (SSSR count). The summed E-state index contributed by atoms with van der Waals surface area (Å²) in [5, 5.41) is 0. The number of rotatable bonds is 6. The number of anilines is 1. The molecule has 0 aliphatic carbocycles. The van der Waals surface area contributed by atoms with Gasteiger partial charge in [0.25, 0.3) is 15.9 Å². The van der Waals surface area contributed by atoms with Gasteiger partial charge in [0.05, 0.1) is 22.4 Å². The maximum Gasteiger partial charge on any atom is 0.416 e. The van der Waals surface area contributed by atoms with Crippen LogP contribution < -0.4 is 4.31 Å². The van der Waals surface area contributed by atoms with Crippen molar-refractivity contribution in [2.24, 2.45) is 0 Å². The number of hydrogen-bond acceptors (Lipinski definition) is 5. The molecule has 2 heterocycles. The van der Waals surface area contributed by atoms with Gasteiger partial charge in [-0.1, -0.05) is 18.2 Å². The maximum absolute atomic E-state index is 13.8. The molecule has 0 spiro atoms. The van der Waals surface area contributed by atoms with Crippen molar-refractivity contribution in [2.75, 3.05) is 37.0 Å². The number of nitrogens with zero attached hydrogens (tertiary/aromatic N) is 3. The Morgan fingerprint density at radius 1 is 0.947 bits per heavy atom. The average Bonchev–Trinajstić information content (AvgIpc) is 3.43. The van der Waals surface area contributed by atoms with Gasteiger partial charge in [-0.05, 0) is 61.4 Å². The predicted molar refractivity (Wildman–Crippen MR) is 133 cm³/mol. The summed E-state index contributed by atoms with van der Waals surface area (Å²) in [5.74, 6) is -0.758. The van der Waals surface area contributed by atoms with Crippen molar-refractivity contribution in [3.63, 3.8) is 0 Å². The van der Waals surface area contributed by atoms with Gasteiger partial charge in [-0.25, -0.2) is 8.42 Å². The molecule has 8 nitrogen and oxygen atoms in total. The van der Waals surface area contributed by atoms with Crippen molar-refractivity contribution < 1.29 is 35.6 Å². The Morgan fingerprint density at radius 2 is 1.63 bits per heavy atom. The Labute approximate surface area is 218 Å². The van der Waals surface area contributed by atoms with Crippen LogP contribution in [0.4, 0.5) is 18.9 Å². The lowest BCUT2D eigenvalue weighted by Gasteiger charge is -2.35. The van der Waals surface area contributed by atoms with E-state index in [4.69, 9.17) is 4.42 Å². The fourth-order valence-electron chi connectivity index (χ4n) is 4.19. The molecule has 1 saturated heterocycles. The number of aryl methyl sites for hydroxylation is 2. The zero-order valence-corrected chi connectivity index (χ0v) is 21.6. The number of alkyl halides is 3. The van der Waals surface area contributed by atoms with Crippen molar-refractivity contribution in [3.8, 4) is 0 Å². The summed E-state index contributed by atoms with van der Waals surface area (Å²) < 4.78 is 73.7. The minimum Gasteiger partial charge on any atom is -0.459 e. The molecule has 0 radical (unpaired) electrons. The second-order valence-corrected chi connectivity index (χ2v) is 10.8. The third-order valence-electron chi connectivity index (χ3n) is 6.30. The van der Waals surface area contributed by atoms with Crippen molar-refractivity contribution in [2.45, 2.75) is 24.9 Å². The molecule has 38 heavy (non-hydrogen) atoms. The SMILES string of the molecule is Cc1ccc(C)c(S(=O)(=O)N(CC(=O)N2CCN(C(=O)c3ccco3)CC2)c2cccc(C(F)(F)F)c2)c1. The summed E-state index contributed by atoms with van der Waals surface area (Å²) in [6.45, 7) is 3.21. The molecule has 1 aliphatic rings. The summed E-state index contributed by atoms with van der Waals surface area (Å²) >= 11 is 0. The van der Waals surface area contributed by atoms with E-state index < -0.39 is 34.2 Å². The largest absolute Gasteiger partial charge is 0.459 e. The molecule has 0 bridgehead atoms. The number of piperazine rings is 1. The lowest BCUT2D eigenvalue weighted by Crippen LogP contribution is -2.53. The number of hydrogen-bond donors (Lipinski definition) is 0. The van der Waals surface area contributed by atoms with Gasteiger partial charge >= 0.3 is 6.18 Å². The number of furan rings is 1. The van der Waals surface area contributed by atoms with Crippen molar-refractivity contribution in [1.29, 1.82) is 0 Å². The third kappa shape index (κ3) is 5.69. The number of carbonyl (C=O) groups is 2. The van der Waals surface area contributed by atoms with E-state index in [2.05, 4.69) is 0 Å². The van der Waals surface area contributed by atoms with Crippen LogP contribution in [-0.2, 0) is 21.0 Å². The fourth-order valence-corrected chi connectivity index (χ4v) is 5.91. The molecule has 12 heteroatoms. The van der Waals surface area contributed by atoms with Gasteiger partial charge in [0, 0.05) is 26.2 Å². The molecule has 2 aromatic carbocycles. The molecule has 2 amide bonds. The molecule has 0 atom stereocenters. The average molecular weight is 550 g/mol. The smallest absolute Gasteiger partial charge is 0.416 e. The zero-order valence-electron chi connectivity index (χ0n) is 20.7. The van der Waals surface area contributed by atoms with Crippen LogP contribution in [0.25, 0.3) is 0 Å². The maximum atomic E-state index is 13.8. The second kappa shape index (κ2) is 10.5. The van der Waals surface area contributed by atoms with Gasteiger partial charge in [0.15, 0.2) is 5.76 Å². The van der Waals surface area contributed by atoms with E-state index in [9.17, 15) is 31.2 Å². The summed E-state index contributed by atoms with van der Waals surface area (Å²) in [6, 6.07) is 11.8. The zero-order chi connectivity index (χ0) is 27.7. The summed E-state index contributed by atoms with van der Waals surface area (Å²) in [5.41, 5.74) is -0.277. The fraction of sp³-hybridized carbons (Fsp3) is 0.308. The van der Waals surface area contributed by atoms with Gasteiger partial charge in [0.2, 0.25) is 5.91 Å². The minimum atomic E-state index is -4.70. The highest BCUT2D eigenvalue weighted by Crippen LogP contribution is 2.34. The summed E-state index contributed by atoms with van der Waals surface area (Å²) in [7, 11) is -4.42. The van der Waals surface area contributed by atoms with E-state index in [-0.39, 0.29) is 48.4 Å². The number of carbonyl (C=O) groups excluding carboxylic acids is 2. The quantitative estimate of drug-likeness (QED) is 0.462. The topological polar surface area (TPSA) is 91.1 Å². The van der Waals surface area contributed by atoms with Crippen LogP contribution in [0.3, 0.4) is 0 Å². The van der Waals surface area contributed by atoms with Crippen molar-refractivity contribution in [3.05, 3.63) is 83.3 Å². The molecular formula is C26H26F3N3O5S.